The first kappa shape index (κ1) is 15.0. The smallest absolute Gasteiger partial charge is 0.394 e. The Hall–Kier alpha value is 0.0300. The molecule has 0 amide bonds. The van der Waals surface area contributed by atoms with Crippen molar-refractivity contribution in [1.82, 2.24) is 0 Å². The van der Waals surface area contributed by atoms with Gasteiger partial charge >= 0.3 is 7.82 Å². The van der Waals surface area contributed by atoms with Gasteiger partial charge in [-0.15, -0.1) is 0 Å². The fourth-order valence-corrected chi connectivity index (χ4v) is 1.30. The number of hydrogen-bond donors (Lipinski definition) is 3. The van der Waals surface area contributed by atoms with Gasteiger partial charge in [0.05, 0.1) is 13.2 Å². The van der Waals surface area contributed by atoms with Crippen LogP contribution >= 0.6 is 7.82 Å². The molecule has 6 nitrogen and oxygen atoms in total. The Balaban J connectivity index is 3.59. The Labute approximate surface area is 89.5 Å². The molecule has 0 fully saturated rings. The summed E-state index contributed by atoms with van der Waals surface area (Å²) in [6.45, 7) is 1.91. The monoisotopic (exact) mass is 242 g/mol. The molecular formula is C8H19O6P. The molecule has 0 radical (unpaired) electrons. The molecule has 0 unspecified atom stereocenters. The van der Waals surface area contributed by atoms with Gasteiger partial charge in [0, 0.05) is 6.61 Å². The van der Waals surface area contributed by atoms with Crippen molar-refractivity contribution in [2.24, 2.45) is 0 Å². The second kappa shape index (κ2) is 8.21. The van der Waals surface area contributed by atoms with Gasteiger partial charge in [-0.2, -0.15) is 0 Å². The third-order valence-electron chi connectivity index (χ3n) is 1.73. The first-order valence-electron chi connectivity index (χ1n) is 4.92. The summed E-state index contributed by atoms with van der Waals surface area (Å²) >= 11 is 0. The topological polar surface area (TPSA) is 96.2 Å². The number of aliphatic hydroxyl groups excluding tert-OH is 1. The summed E-state index contributed by atoms with van der Waals surface area (Å²) in [5, 5.41) is 8.82. The molecule has 0 aliphatic carbocycles. The third kappa shape index (κ3) is 10.3. The maximum atomic E-state index is 10.4. The van der Waals surface area contributed by atoms with Crippen LogP contribution in [0.3, 0.4) is 0 Å². The Bertz CT molecular complexity index is 192. The molecule has 0 aromatic rings. The van der Waals surface area contributed by atoms with Crippen LogP contribution in [0.5, 0.6) is 0 Å². The van der Waals surface area contributed by atoms with Gasteiger partial charge in [0.25, 0.3) is 0 Å². The van der Waals surface area contributed by atoms with Gasteiger partial charge in [-0.3, -0.25) is 4.52 Å². The third-order valence-corrected chi connectivity index (χ3v) is 2.22. The standard InChI is InChI=1S/C8H19O6P/c1-2-3-4-5-13-8(6-9)7-14-15(10,11)12/h8-9H,2-7H2,1H3,(H2,10,11,12)/t8-/m0/s1. The van der Waals surface area contributed by atoms with Gasteiger partial charge in [0.15, 0.2) is 0 Å². The van der Waals surface area contributed by atoms with Crippen LogP contribution in [0.1, 0.15) is 26.2 Å². The average Bonchev–Trinajstić information content (AvgIpc) is 2.15. The van der Waals surface area contributed by atoms with E-state index in [4.69, 9.17) is 19.6 Å². The molecule has 0 aromatic heterocycles. The van der Waals surface area contributed by atoms with E-state index < -0.39 is 13.9 Å². The highest BCUT2D eigenvalue weighted by Gasteiger charge is 2.17. The summed E-state index contributed by atoms with van der Waals surface area (Å²) < 4.78 is 19.8. The second-order valence-corrected chi connectivity index (χ2v) is 4.41. The number of rotatable bonds is 9. The van der Waals surface area contributed by atoms with Gasteiger partial charge in [-0.1, -0.05) is 19.8 Å². The van der Waals surface area contributed by atoms with Crippen LogP contribution < -0.4 is 0 Å². The number of hydrogen-bond acceptors (Lipinski definition) is 4. The Morgan fingerprint density at radius 3 is 2.47 bits per heavy atom. The highest BCUT2D eigenvalue weighted by Crippen LogP contribution is 2.35. The van der Waals surface area contributed by atoms with Crippen LogP contribution in [-0.2, 0) is 13.8 Å². The van der Waals surface area contributed by atoms with E-state index in [2.05, 4.69) is 11.4 Å². The van der Waals surface area contributed by atoms with Crippen molar-refractivity contribution in [2.75, 3.05) is 19.8 Å². The number of unbranched alkanes of at least 4 members (excludes halogenated alkanes) is 2. The first-order chi connectivity index (χ1) is 6.99. The zero-order chi connectivity index (χ0) is 11.7. The lowest BCUT2D eigenvalue weighted by atomic mass is 10.3. The minimum absolute atomic E-state index is 0.299. The van der Waals surface area contributed by atoms with Crippen LogP contribution in [0.4, 0.5) is 0 Å². The molecule has 15 heavy (non-hydrogen) atoms. The predicted molar refractivity (Wildman–Crippen MR) is 54.3 cm³/mol. The summed E-state index contributed by atoms with van der Waals surface area (Å²) in [6.07, 6.45) is 2.28. The maximum absolute atomic E-state index is 10.4. The molecule has 0 saturated carbocycles. The molecule has 0 rings (SSSR count). The minimum Gasteiger partial charge on any atom is -0.394 e. The van der Waals surface area contributed by atoms with Crippen molar-refractivity contribution in [2.45, 2.75) is 32.3 Å². The Morgan fingerprint density at radius 2 is 2.00 bits per heavy atom. The highest BCUT2D eigenvalue weighted by atomic mass is 31.2. The molecular weight excluding hydrogens is 223 g/mol. The predicted octanol–water partition coefficient (Wildman–Crippen LogP) is 0.663. The van der Waals surface area contributed by atoms with E-state index in [0.29, 0.717) is 6.61 Å². The summed E-state index contributed by atoms with van der Waals surface area (Å²) in [4.78, 5) is 16.8. The SMILES string of the molecule is CCCCCO[C@@H](CO)COP(=O)(O)O. The van der Waals surface area contributed by atoms with Crippen LogP contribution in [0.15, 0.2) is 0 Å². The second-order valence-electron chi connectivity index (χ2n) is 3.17. The fraction of sp³-hybridized carbons (Fsp3) is 1.00. The molecule has 0 saturated heterocycles. The number of phosphoric acid groups is 1. The summed E-state index contributed by atoms with van der Waals surface area (Å²) in [5.74, 6) is 0. The molecule has 92 valence electrons. The molecule has 0 aliphatic rings. The lowest BCUT2D eigenvalue weighted by molar-refractivity contribution is -0.0204. The zero-order valence-corrected chi connectivity index (χ0v) is 9.73. The van der Waals surface area contributed by atoms with Crippen molar-refractivity contribution in [3.05, 3.63) is 0 Å². The average molecular weight is 242 g/mol. The Kier molecular flexibility index (Phi) is 8.23. The quantitative estimate of drug-likeness (QED) is 0.406. The molecule has 0 aromatic carbocycles. The van der Waals surface area contributed by atoms with E-state index in [1.54, 1.807) is 0 Å². The lowest BCUT2D eigenvalue weighted by Gasteiger charge is -2.15. The van der Waals surface area contributed by atoms with Crippen molar-refractivity contribution in [1.29, 1.82) is 0 Å². The van der Waals surface area contributed by atoms with E-state index in [-0.39, 0.29) is 13.2 Å². The van der Waals surface area contributed by atoms with Gasteiger partial charge in [-0.25, -0.2) is 4.57 Å². The van der Waals surface area contributed by atoms with Crippen LogP contribution in [0, 0.1) is 0 Å². The molecule has 3 N–H and O–H groups in total. The van der Waals surface area contributed by atoms with Gasteiger partial charge < -0.3 is 19.6 Å². The molecule has 0 heterocycles. The molecule has 1 atom stereocenters. The summed E-state index contributed by atoms with van der Waals surface area (Å²) in [6, 6.07) is 0. The van der Waals surface area contributed by atoms with Crippen LogP contribution in [-0.4, -0.2) is 40.8 Å². The summed E-state index contributed by atoms with van der Waals surface area (Å²) in [5.41, 5.74) is 0. The van der Waals surface area contributed by atoms with Gasteiger partial charge in [-0.05, 0) is 6.42 Å². The van der Waals surface area contributed by atoms with E-state index in [1.807, 2.05) is 0 Å². The fourth-order valence-electron chi connectivity index (χ4n) is 0.936. The van der Waals surface area contributed by atoms with Crippen molar-refractivity contribution >= 4 is 7.82 Å². The Morgan fingerprint density at radius 1 is 1.33 bits per heavy atom. The van der Waals surface area contributed by atoms with Crippen molar-refractivity contribution in [3.63, 3.8) is 0 Å². The van der Waals surface area contributed by atoms with Crippen LogP contribution in [0.25, 0.3) is 0 Å². The van der Waals surface area contributed by atoms with Crippen molar-refractivity contribution < 1.29 is 28.7 Å². The van der Waals surface area contributed by atoms with E-state index >= 15 is 0 Å². The highest BCUT2D eigenvalue weighted by molar-refractivity contribution is 7.46. The van der Waals surface area contributed by atoms with E-state index in [9.17, 15) is 4.57 Å². The maximum Gasteiger partial charge on any atom is 0.469 e. The van der Waals surface area contributed by atoms with E-state index in [0.717, 1.165) is 19.3 Å². The molecule has 7 heteroatoms. The van der Waals surface area contributed by atoms with Crippen LogP contribution in [0.2, 0.25) is 0 Å². The first-order valence-corrected chi connectivity index (χ1v) is 6.45. The molecule has 0 aliphatic heterocycles. The summed E-state index contributed by atoms with van der Waals surface area (Å²) in [7, 11) is -4.47. The van der Waals surface area contributed by atoms with Gasteiger partial charge in [0.1, 0.15) is 6.10 Å². The molecule has 0 bridgehead atoms. The minimum atomic E-state index is -4.47. The number of aliphatic hydroxyl groups is 1. The van der Waals surface area contributed by atoms with Gasteiger partial charge in [0.2, 0.25) is 0 Å². The number of phosphoric ester groups is 1. The normalized spacial score (nSPS) is 14.1. The van der Waals surface area contributed by atoms with Crippen molar-refractivity contribution in [3.8, 4) is 0 Å². The van der Waals surface area contributed by atoms with E-state index in [1.165, 1.54) is 0 Å². The zero-order valence-electron chi connectivity index (χ0n) is 8.83. The molecule has 0 spiro atoms. The number of ether oxygens (including phenoxy) is 1. The largest absolute Gasteiger partial charge is 0.469 e. The lowest BCUT2D eigenvalue weighted by Crippen LogP contribution is -2.24.